The monoisotopic (exact) mass is 440 g/mol. The van der Waals surface area contributed by atoms with E-state index in [1.54, 1.807) is 54.2 Å². The van der Waals surface area contributed by atoms with Gasteiger partial charge in [0.25, 0.3) is 11.1 Å². The van der Waals surface area contributed by atoms with Crippen LogP contribution < -0.4 is 22.2 Å². The molecule has 0 aliphatic heterocycles. The molecule has 0 unspecified atom stereocenters. The lowest BCUT2D eigenvalue weighted by Gasteiger charge is -2.13. The average molecular weight is 441 g/mol. The number of halogens is 1. The van der Waals surface area contributed by atoms with Crippen LogP contribution >= 0.6 is 11.6 Å². The van der Waals surface area contributed by atoms with Crippen molar-refractivity contribution in [3.63, 3.8) is 0 Å². The van der Waals surface area contributed by atoms with E-state index in [1.165, 1.54) is 10.6 Å². The summed E-state index contributed by atoms with van der Waals surface area (Å²) in [6, 6.07) is 12.1. The molecule has 7 nitrogen and oxygen atoms in total. The van der Waals surface area contributed by atoms with E-state index in [4.69, 9.17) is 17.3 Å². The Morgan fingerprint density at radius 3 is 2.55 bits per heavy atom. The first kappa shape index (κ1) is 22.5. The van der Waals surface area contributed by atoms with Crippen LogP contribution in [0.2, 0.25) is 5.02 Å². The molecular formula is C23H25ClN4O3. The number of benzene rings is 1. The van der Waals surface area contributed by atoms with Crippen LogP contribution in [0.4, 0.5) is 0 Å². The summed E-state index contributed by atoms with van der Waals surface area (Å²) in [5.74, 6) is -0.264. The number of rotatable bonds is 8. The zero-order valence-electron chi connectivity index (χ0n) is 17.3. The second-order valence-corrected chi connectivity index (χ2v) is 7.72. The molecule has 0 spiro atoms. The van der Waals surface area contributed by atoms with Gasteiger partial charge in [0.2, 0.25) is 5.91 Å². The Morgan fingerprint density at radius 2 is 1.81 bits per heavy atom. The summed E-state index contributed by atoms with van der Waals surface area (Å²) < 4.78 is 3.07. The highest BCUT2D eigenvalue weighted by Crippen LogP contribution is 2.16. The van der Waals surface area contributed by atoms with Crippen LogP contribution in [-0.2, 0) is 37.4 Å². The van der Waals surface area contributed by atoms with Crippen molar-refractivity contribution in [2.75, 3.05) is 0 Å². The van der Waals surface area contributed by atoms with Crippen molar-refractivity contribution in [2.45, 2.75) is 39.5 Å². The summed E-state index contributed by atoms with van der Waals surface area (Å²) in [6.45, 7) is 3.13. The van der Waals surface area contributed by atoms with Gasteiger partial charge in [0, 0.05) is 55.2 Å². The third-order valence-corrected chi connectivity index (χ3v) is 5.42. The fourth-order valence-electron chi connectivity index (χ4n) is 3.34. The van der Waals surface area contributed by atoms with Crippen molar-refractivity contribution in [3.05, 3.63) is 103 Å². The van der Waals surface area contributed by atoms with Crippen LogP contribution in [-0.4, -0.2) is 15.0 Å². The summed E-state index contributed by atoms with van der Waals surface area (Å²) in [7, 11) is 0. The van der Waals surface area contributed by atoms with Gasteiger partial charge in [0.1, 0.15) is 0 Å². The van der Waals surface area contributed by atoms with Crippen LogP contribution in [0.25, 0.3) is 0 Å². The molecule has 0 atom stereocenters. The summed E-state index contributed by atoms with van der Waals surface area (Å²) in [5.41, 5.74) is 8.32. The average Bonchev–Trinajstić information content (AvgIpc) is 2.76. The van der Waals surface area contributed by atoms with Crippen molar-refractivity contribution in [1.82, 2.24) is 14.5 Å². The van der Waals surface area contributed by atoms with E-state index in [-0.39, 0.29) is 30.0 Å². The highest BCUT2D eigenvalue weighted by atomic mass is 35.5. The first-order chi connectivity index (χ1) is 14.9. The van der Waals surface area contributed by atoms with Gasteiger partial charge in [-0.3, -0.25) is 14.4 Å². The highest BCUT2D eigenvalue weighted by Gasteiger charge is 2.13. The largest absolute Gasteiger partial charge is 0.352 e. The zero-order valence-corrected chi connectivity index (χ0v) is 18.1. The van der Waals surface area contributed by atoms with Gasteiger partial charge in [-0.2, -0.15) is 0 Å². The number of nitrogens with one attached hydrogen (secondary N) is 1. The smallest absolute Gasteiger partial charge is 0.254 e. The molecule has 1 aromatic carbocycles. The van der Waals surface area contributed by atoms with Gasteiger partial charge in [-0.25, -0.2) is 0 Å². The Bertz CT molecular complexity index is 1200. The second-order valence-electron chi connectivity index (χ2n) is 7.28. The fourth-order valence-corrected chi connectivity index (χ4v) is 3.53. The molecule has 0 fully saturated rings. The third kappa shape index (κ3) is 5.71. The normalized spacial score (nSPS) is 10.8. The molecule has 0 aliphatic rings. The molecule has 31 heavy (non-hydrogen) atoms. The fraction of sp³-hybridized carbons (Fsp3) is 0.261. The van der Waals surface area contributed by atoms with Crippen LogP contribution in [0.5, 0.6) is 0 Å². The number of carbonyl (C=O) groups excluding carboxylic acids is 1. The Hall–Kier alpha value is -3.16. The molecule has 0 aliphatic carbocycles. The van der Waals surface area contributed by atoms with Crippen molar-refractivity contribution < 1.29 is 4.79 Å². The number of nitrogens with two attached hydrogens (primary N) is 1. The summed E-state index contributed by atoms with van der Waals surface area (Å²) in [6.07, 6.45) is 3.34. The molecule has 2 aromatic heterocycles. The van der Waals surface area contributed by atoms with E-state index in [0.29, 0.717) is 30.2 Å². The Balaban J connectivity index is 1.70. The van der Waals surface area contributed by atoms with Crippen LogP contribution in [0, 0.1) is 6.92 Å². The highest BCUT2D eigenvalue weighted by molar-refractivity contribution is 6.30. The number of hydrogen-bond acceptors (Lipinski definition) is 4. The van der Waals surface area contributed by atoms with Gasteiger partial charge >= 0.3 is 0 Å². The van der Waals surface area contributed by atoms with Gasteiger partial charge in [-0.15, -0.1) is 0 Å². The molecule has 8 heteroatoms. The number of amides is 1. The van der Waals surface area contributed by atoms with Gasteiger partial charge < -0.3 is 20.2 Å². The zero-order chi connectivity index (χ0) is 22.4. The summed E-state index contributed by atoms with van der Waals surface area (Å²) >= 11 is 6.04. The van der Waals surface area contributed by atoms with Crippen molar-refractivity contribution in [3.8, 4) is 0 Å². The van der Waals surface area contributed by atoms with Crippen molar-refractivity contribution in [2.24, 2.45) is 5.73 Å². The van der Waals surface area contributed by atoms with E-state index in [1.807, 2.05) is 6.07 Å². The van der Waals surface area contributed by atoms with E-state index >= 15 is 0 Å². The first-order valence-corrected chi connectivity index (χ1v) is 10.4. The lowest BCUT2D eigenvalue weighted by atomic mass is 10.1. The molecule has 0 radical (unpaired) electrons. The molecule has 3 rings (SSSR count). The maximum absolute atomic E-state index is 12.9. The molecular weight excluding hydrogens is 416 g/mol. The standard InChI is InChI=1S/C23H25ClN4O3/c1-16-7-9-28(11-10-27-8-3-2-4-22(27)30)23(31)20(16)13-21(29)26-15-18-12-19(24)6-5-17(18)14-25/h2-9,12H,10-11,13-15,25H2,1H3,(H,26,29). The van der Waals surface area contributed by atoms with E-state index in [9.17, 15) is 14.4 Å². The maximum atomic E-state index is 12.9. The summed E-state index contributed by atoms with van der Waals surface area (Å²) in [4.78, 5) is 37.3. The molecule has 0 saturated heterocycles. The van der Waals surface area contributed by atoms with Crippen molar-refractivity contribution >= 4 is 17.5 Å². The van der Waals surface area contributed by atoms with Gasteiger partial charge in [0.15, 0.2) is 0 Å². The summed E-state index contributed by atoms with van der Waals surface area (Å²) in [5, 5.41) is 3.41. The predicted octanol–water partition coefficient (Wildman–Crippen LogP) is 1.99. The van der Waals surface area contributed by atoms with Gasteiger partial charge in [-0.1, -0.05) is 23.7 Å². The molecule has 0 bridgehead atoms. The number of carbonyl (C=O) groups is 1. The lowest BCUT2D eigenvalue weighted by Crippen LogP contribution is -2.32. The van der Waals surface area contributed by atoms with Gasteiger partial charge in [0.05, 0.1) is 6.42 Å². The number of nitrogens with zero attached hydrogens (tertiary/aromatic N) is 2. The number of pyridine rings is 2. The number of aryl methyl sites for hydroxylation is 3. The van der Waals surface area contributed by atoms with E-state index < -0.39 is 0 Å². The Labute approximate surface area is 185 Å². The van der Waals surface area contributed by atoms with Crippen LogP contribution in [0.3, 0.4) is 0 Å². The molecule has 162 valence electrons. The minimum atomic E-state index is -0.264. The third-order valence-electron chi connectivity index (χ3n) is 5.18. The minimum absolute atomic E-state index is 0.0324. The molecule has 1 amide bonds. The predicted molar refractivity (Wildman–Crippen MR) is 121 cm³/mol. The van der Waals surface area contributed by atoms with Gasteiger partial charge in [-0.05, 0) is 47.9 Å². The first-order valence-electron chi connectivity index (χ1n) is 9.97. The van der Waals surface area contributed by atoms with Crippen LogP contribution in [0.1, 0.15) is 22.3 Å². The van der Waals surface area contributed by atoms with Crippen LogP contribution in [0.15, 0.2) is 64.4 Å². The topological polar surface area (TPSA) is 99.1 Å². The molecule has 2 heterocycles. The molecule has 3 aromatic rings. The number of hydrogen-bond donors (Lipinski definition) is 2. The van der Waals surface area contributed by atoms with Crippen molar-refractivity contribution in [1.29, 1.82) is 0 Å². The SMILES string of the molecule is Cc1ccn(CCn2ccccc2=O)c(=O)c1CC(=O)NCc1cc(Cl)ccc1CN. The van der Waals surface area contributed by atoms with E-state index in [2.05, 4.69) is 5.32 Å². The Kier molecular flexibility index (Phi) is 7.44. The molecule has 3 N–H and O–H groups in total. The minimum Gasteiger partial charge on any atom is -0.352 e. The second kappa shape index (κ2) is 10.2. The number of aromatic nitrogens is 2. The molecule has 0 saturated carbocycles. The van der Waals surface area contributed by atoms with E-state index in [0.717, 1.165) is 16.7 Å². The lowest BCUT2D eigenvalue weighted by molar-refractivity contribution is -0.120. The Morgan fingerprint density at radius 1 is 1.03 bits per heavy atom. The maximum Gasteiger partial charge on any atom is 0.254 e. The quantitative estimate of drug-likeness (QED) is 0.559.